The first-order valence-electron chi connectivity index (χ1n) is 9.88. The van der Waals surface area contributed by atoms with Gasteiger partial charge in [-0.25, -0.2) is 0 Å². The number of hydrogen-bond donors (Lipinski definition) is 4. The molecule has 0 spiro atoms. The molecule has 0 aliphatic carbocycles. The van der Waals surface area contributed by atoms with E-state index in [0.717, 1.165) is 0 Å². The van der Waals surface area contributed by atoms with Crippen LogP contribution in [-0.2, 0) is 9.59 Å². The Morgan fingerprint density at radius 2 is 1.82 bits per heavy atom. The Bertz CT molecular complexity index is 1290. The summed E-state index contributed by atoms with van der Waals surface area (Å²) in [4.78, 5) is 45.2. The average Bonchev–Trinajstić information content (AvgIpc) is 2.78. The molecule has 0 fully saturated rings. The standard InChI is InChI=1S/C22H20ClN5O5/c1-32-15-6-4-3-5-13(15)25-22-27-19-18(21(31)28-22)12(10-17(29)26-19)20(30)24-14-9-11(23)7-8-16(14)33-2/h3-9,12H,10H2,1-2H3,(H,24,30)(H3,25,26,27,28,29,31)/t12-/m1/s1. The highest BCUT2D eigenvalue weighted by molar-refractivity contribution is 6.31. The number of para-hydroxylation sites is 2. The van der Waals surface area contributed by atoms with Gasteiger partial charge < -0.3 is 25.4 Å². The highest BCUT2D eigenvalue weighted by atomic mass is 35.5. The molecule has 11 heteroatoms. The van der Waals surface area contributed by atoms with Crippen LogP contribution in [0, 0.1) is 0 Å². The third-order valence-electron chi connectivity index (χ3n) is 5.05. The molecular formula is C22H20ClN5O5. The second-order valence-electron chi connectivity index (χ2n) is 7.14. The molecule has 0 saturated carbocycles. The first-order chi connectivity index (χ1) is 15.9. The van der Waals surface area contributed by atoms with E-state index in [0.29, 0.717) is 27.9 Å². The third kappa shape index (κ3) is 4.60. The lowest BCUT2D eigenvalue weighted by atomic mass is 9.92. The van der Waals surface area contributed by atoms with E-state index in [1.807, 2.05) is 0 Å². The summed E-state index contributed by atoms with van der Waals surface area (Å²) < 4.78 is 10.5. The number of amides is 2. The predicted molar refractivity (Wildman–Crippen MR) is 124 cm³/mol. The Kier molecular flexibility index (Phi) is 6.18. The van der Waals surface area contributed by atoms with Gasteiger partial charge >= 0.3 is 0 Å². The topological polar surface area (TPSA) is 134 Å². The van der Waals surface area contributed by atoms with Crippen LogP contribution in [0.5, 0.6) is 11.5 Å². The fourth-order valence-electron chi connectivity index (χ4n) is 3.53. The number of anilines is 4. The van der Waals surface area contributed by atoms with Gasteiger partial charge in [0.2, 0.25) is 17.8 Å². The van der Waals surface area contributed by atoms with Crippen molar-refractivity contribution in [3.63, 3.8) is 0 Å². The molecule has 0 saturated heterocycles. The average molecular weight is 470 g/mol. The second-order valence-corrected chi connectivity index (χ2v) is 7.58. The van der Waals surface area contributed by atoms with Gasteiger partial charge in [0, 0.05) is 11.4 Å². The van der Waals surface area contributed by atoms with E-state index in [2.05, 4.69) is 25.9 Å². The molecule has 1 aromatic heterocycles. The molecule has 0 radical (unpaired) electrons. The summed E-state index contributed by atoms with van der Waals surface area (Å²) in [6, 6.07) is 11.8. The summed E-state index contributed by atoms with van der Waals surface area (Å²) >= 11 is 6.03. The van der Waals surface area contributed by atoms with Crippen LogP contribution in [-0.4, -0.2) is 36.0 Å². The molecule has 0 bridgehead atoms. The number of carbonyl (C=O) groups excluding carboxylic acids is 2. The first-order valence-corrected chi connectivity index (χ1v) is 10.3. The minimum atomic E-state index is -1.06. The second kappa shape index (κ2) is 9.21. The van der Waals surface area contributed by atoms with Gasteiger partial charge in [0.05, 0.1) is 37.1 Å². The zero-order valence-corrected chi connectivity index (χ0v) is 18.4. The summed E-state index contributed by atoms with van der Waals surface area (Å²) in [5, 5.41) is 8.61. The van der Waals surface area contributed by atoms with E-state index in [9.17, 15) is 14.4 Å². The van der Waals surface area contributed by atoms with E-state index >= 15 is 0 Å². The van der Waals surface area contributed by atoms with Crippen LogP contribution >= 0.6 is 11.6 Å². The number of ether oxygens (including phenoxy) is 2. The molecule has 3 aromatic rings. The Morgan fingerprint density at radius 1 is 1.09 bits per heavy atom. The third-order valence-corrected chi connectivity index (χ3v) is 5.28. The summed E-state index contributed by atoms with van der Waals surface area (Å²) in [6.07, 6.45) is -0.217. The van der Waals surface area contributed by atoms with Crippen LogP contribution in [0.1, 0.15) is 17.9 Å². The number of methoxy groups -OCH3 is 2. The fraction of sp³-hybridized carbons (Fsp3) is 0.182. The SMILES string of the molecule is COc1ccc(Cl)cc1NC(=O)[C@@H]1CC(=O)Nc2nc(Nc3ccccc3OC)[nH]c(=O)c21. The van der Waals surface area contributed by atoms with E-state index in [4.69, 9.17) is 21.1 Å². The Morgan fingerprint density at radius 3 is 2.58 bits per heavy atom. The number of hydrogen-bond acceptors (Lipinski definition) is 7. The largest absolute Gasteiger partial charge is 0.495 e. The van der Waals surface area contributed by atoms with Crippen molar-refractivity contribution in [1.82, 2.24) is 9.97 Å². The Balaban J connectivity index is 1.66. The van der Waals surface area contributed by atoms with E-state index in [1.165, 1.54) is 20.3 Å². The molecule has 33 heavy (non-hydrogen) atoms. The molecule has 1 aliphatic heterocycles. The quantitative estimate of drug-likeness (QED) is 0.435. The van der Waals surface area contributed by atoms with Crippen molar-refractivity contribution < 1.29 is 19.1 Å². The number of carbonyl (C=O) groups is 2. The normalized spacial score (nSPS) is 14.6. The molecule has 1 aliphatic rings. The van der Waals surface area contributed by atoms with Crippen LogP contribution in [0.2, 0.25) is 5.02 Å². The molecule has 10 nitrogen and oxygen atoms in total. The maximum atomic E-state index is 13.1. The summed E-state index contributed by atoms with van der Waals surface area (Å²) in [6.45, 7) is 0. The first kappa shape index (κ1) is 22.2. The van der Waals surface area contributed by atoms with Crippen LogP contribution in [0.4, 0.5) is 23.1 Å². The van der Waals surface area contributed by atoms with Gasteiger partial charge in [0.1, 0.15) is 17.3 Å². The van der Waals surface area contributed by atoms with Crippen LogP contribution in [0.25, 0.3) is 0 Å². The smallest absolute Gasteiger partial charge is 0.258 e. The molecular weight excluding hydrogens is 450 g/mol. The number of nitrogens with one attached hydrogen (secondary N) is 4. The maximum absolute atomic E-state index is 13.1. The van der Waals surface area contributed by atoms with Crippen LogP contribution in [0.15, 0.2) is 47.3 Å². The lowest BCUT2D eigenvalue weighted by molar-refractivity contribution is -0.123. The zero-order chi connectivity index (χ0) is 23.5. The van der Waals surface area contributed by atoms with Gasteiger partial charge in [0.25, 0.3) is 5.56 Å². The number of halogens is 1. The molecule has 0 unspecified atom stereocenters. The maximum Gasteiger partial charge on any atom is 0.258 e. The van der Waals surface area contributed by atoms with Gasteiger partial charge in [0.15, 0.2) is 0 Å². The van der Waals surface area contributed by atoms with E-state index in [-0.39, 0.29) is 23.8 Å². The number of aromatic nitrogens is 2. The highest BCUT2D eigenvalue weighted by Gasteiger charge is 2.35. The molecule has 2 aromatic carbocycles. The predicted octanol–water partition coefficient (Wildman–Crippen LogP) is 3.25. The molecule has 1 atom stereocenters. The monoisotopic (exact) mass is 469 g/mol. The minimum Gasteiger partial charge on any atom is -0.495 e. The van der Waals surface area contributed by atoms with Crippen molar-refractivity contribution in [3.8, 4) is 11.5 Å². The zero-order valence-electron chi connectivity index (χ0n) is 17.7. The summed E-state index contributed by atoms with van der Waals surface area (Å²) in [7, 11) is 2.97. The van der Waals surface area contributed by atoms with Gasteiger partial charge in [-0.05, 0) is 30.3 Å². The van der Waals surface area contributed by atoms with Crippen molar-refractivity contribution in [2.24, 2.45) is 0 Å². The highest BCUT2D eigenvalue weighted by Crippen LogP contribution is 2.33. The number of benzene rings is 2. The Hall–Kier alpha value is -4.05. The van der Waals surface area contributed by atoms with Gasteiger partial charge in [-0.1, -0.05) is 23.7 Å². The number of H-pyrrole nitrogens is 1. The molecule has 2 amide bonds. The van der Waals surface area contributed by atoms with Crippen LogP contribution < -0.4 is 31.0 Å². The van der Waals surface area contributed by atoms with E-state index < -0.39 is 23.3 Å². The minimum absolute atomic E-state index is 0.00519. The molecule has 2 heterocycles. The molecule has 170 valence electrons. The number of fused-ring (bicyclic) bond motifs is 1. The molecule has 4 rings (SSSR count). The van der Waals surface area contributed by atoms with Crippen molar-refractivity contribution in [2.45, 2.75) is 12.3 Å². The van der Waals surface area contributed by atoms with Gasteiger partial charge in [-0.3, -0.25) is 19.4 Å². The Labute approximate surface area is 193 Å². The van der Waals surface area contributed by atoms with Gasteiger partial charge in [-0.15, -0.1) is 0 Å². The van der Waals surface area contributed by atoms with Crippen molar-refractivity contribution in [3.05, 3.63) is 63.4 Å². The number of rotatable bonds is 6. The summed E-state index contributed by atoms with van der Waals surface area (Å²) in [5.74, 6) is -1.06. The fourth-order valence-corrected chi connectivity index (χ4v) is 3.70. The van der Waals surface area contributed by atoms with E-state index in [1.54, 1.807) is 36.4 Å². The number of aromatic amines is 1. The van der Waals surface area contributed by atoms with Gasteiger partial charge in [-0.2, -0.15) is 4.98 Å². The van der Waals surface area contributed by atoms with Crippen molar-refractivity contribution in [2.75, 3.05) is 30.2 Å². The number of nitrogens with zero attached hydrogens (tertiary/aromatic N) is 1. The molecule has 4 N–H and O–H groups in total. The van der Waals surface area contributed by atoms with Crippen LogP contribution in [0.3, 0.4) is 0 Å². The lowest BCUT2D eigenvalue weighted by Gasteiger charge is -2.24. The summed E-state index contributed by atoms with van der Waals surface area (Å²) in [5.41, 5.74) is 0.378. The lowest BCUT2D eigenvalue weighted by Crippen LogP contribution is -2.36. The van der Waals surface area contributed by atoms with Crippen molar-refractivity contribution in [1.29, 1.82) is 0 Å². The van der Waals surface area contributed by atoms with Crippen molar-refractivity contribution >= 4 is 46.6 Å².